The van der Waals surface area contributed by atoms with E-state index in [-0.39, 0.29) is 18.4 Å². The monoisotopic (exact) mass is 241 g/mol. The number of fused-ring (bicyclic) bond motifs is 1. The van der Waals surface area contributed by atoms with Gasteiger partial charge in [0, 0.05) is 10.7 Å². The van der Waals surface area contributed by atoms with E-state index >= 15 is 0 Å². The summed E-state index contributed by atoms with van der Waals surface area (Å²) in [5.41, 5.74) is 7.44. The molecule has 1 aromatic carbocycles. The molecule has 0 radical (unpaired) electrons. The van der Waals surface area contributed by atoms with Crippen molar-refractivity contribution in [2.75, 3.05) is 0 Å². The number of halogens is 1. The van der Waals surface area contributed by atoms with E-state index in [9.17, 15) is 0 Å². The zero-order chi connectivity index (χ0) is 9.97. The summed E-state index contributed by atoms with van der Waals surface area (Å²) in [6.07, 6.45) is 2.21. The number of nitrogens with two attached hydrogens (primary N) is 1. The highest BCUT2D eigenvalue weighted by Crippen LogP contribution is 2.30. The van der Waals surface area contributed by atoms with Crippen LogP contribution in [0.15, 0.2) is 29.6 Å². The summed E-state index contributed by atoms with van der Waals surface area (Å²) in [4.78, 5) is 0. The number of thiophene rings is 1. The van der Waals surface area contributed by atoms with Gasteiger partial charge in [0.1, 0.15) is 0 Å². The highest BCUT2D eigenvalue weighted by atomic mass is 35.5. The van der Waals surface area contributed by atoms with Crippen LogP contribution in [0.5, 0.6) is 0 Å². The smallest absolute Gasteiger partial charge is 0.0346 e. The minimum absolute atomic E-state index is 0. The summed E-state index contributed by atoms with van der Waals surface area (Å²) in [6, 6.07) is 8.68. The summed E-state index contributed by atoms with van der Waals surface area (Å²) in [5, 5.41) is 3.53. The van der Waals surface area contributed by atoms with Gasteiger partial charge >= 0.3 is 0 Å². The maximum atomic E-state index is 6.12. The average molecular weight is 242 g/mol. The minimum Gasteiger partial charge on any atom is -0.324 e. The first-order chi connectivity index (χ1) is 6.83. The molecule has 1 aromatic heterocycles. The molecular formula is C12H16ClNS. The lowest BCUT2D eigenvalue weighted by Crippen LogP contribution is -2.08. The highest BCUT2D eigenvalue weighted by Gasteiger charge is 2.09. The largest absolute Gasteiger partial charge is 0.324 e. The van der Waals surface area contributed by atoms with Crippen LogP contribution in [0.2, 0.25) is 0 Å². The Balaban J connectivity index is 0.00000112. The van der Waals surface area contributed by atoms with Crippen LogP contribution in [-0.2, 0) is 0 Å². The molecule has 82 valence electrons. The molecule has 0 unspecified atom stereocenters. The number of hydrogen-bond donors (Lipinski definition) is 1. The van der Waals surface area contributed by atoms with Crippen LogP contribution in [0, 0.1) is 0 Å². The van der Waals surface area contributed by atoms with E-state index in [0.717, 1.165) is 12.8 Å². The molecule has 0 aliphatic rings. The van der Waals surface area contributed by atoms with Crippen LogP contribution >= 0.6 is 23.7 Å². The molecule has 0 saturated heterocycles. The Morgan fingerprint density at radius 1 is 1.33 bits per heavy atom. The van der Waals surface area contributed by atoms with Gasteiger partial charge in [0.15, 0.2) is 0 Å². The lowest BCUT2D eigenvalue weighted by Gasteiger charge is -2.08. The first kappa shape index (κ1) is 12.5. The van der Waals surface area contributed by atoms with E-state index in [0.29, 0.717) is 0 Å². The van der Waals surface area contributed by atoms with Crippen LogP contribution in [0.25, 0.3) is 10.1 Å². The van der Waals surface area contributed by atoms with Gasteiger partial charge in [0.05, 0.1) is 0 Å². The molecular weight excluding hydrogens is 226 g/mol. The fraction of sp³-hybridized carbons (Fsp3) is 0.333. The van der Waals surface area contributed by atoms with Crippen molar-refractivity contribution < 1.29 is 0 Å². The van der Waals surface area contributed by atoms with Crippen molar-refractivity contribution in [2.24, 2.45) is 5.73 Å². The summed E-state index contributed by atoms with van der Waals surface area (Å²) < 4.78 is 1.34. The molecule has 0 saturated carbocycles. The van der Waals surface area contributed by atoms with Crippen LogP contribution in [0.4, 0.5) is 0 Å². The molecule has 2 N–H and O–H groups in total. The first-order valence-corrected chi connectivity index (χ1v) is 5.92. The quantitative estimate of drug-likeness (QED) is 0.860. The predicted octanol–water partition coefficient (Wildman–Crippen LogP) is 4.12. The van der Waals surface area contributed by atoms with Crippen molar-refractivity contribution in [3.05, 3.63) is 35.2 Å². The van der Waals surface area contributed by atoms with Crippen LogP contribution in [-0.4, -0.2) is 0 Å². The third-order valence-electron chi connectivity index (χ3n) is 2.51. The van der Waals surface area contributed by atoms with E-state index in [1.54, 1.807) is 11.3 Å². The molecule has 1 nitrogen and oxygen atoms in total. The third-order valence-corrected chi connectivity index (χ3v) is 3.49. The summed E-state index contributed by atoms with van der Waals surface area (Å²) in [5.74, 6) is 0. The number of hydrogen-bond acceptors (Lipinski definition) is 2. The molecule has 0 aliphatic carbocycles. The molecule has 0 fully saturated rings. The molecule has 15 heavy (non-hydrogen) atoms. The van der Waals surface area contributed by atoms with E-state index in [2.05, 4.69) is 36.6 Å². The van der Waals surface area contributed by atoms with Gasteiger partial charge < -0.3 is 5.73 Å². The maximum absolute atomic E-state index is 6.12. The van der Waals surface area contributed by atoms with Crippen LogP contribution in [0.1, 0.15) is 31.4 Å². The number of rotatable bonds is 3. The van der Waals surface area contributed by atoms with Crippen molar-refractivity contribution in [2.45, 2.75) is 25.8 Å². The maximum Gasteiger partial charge on any atom is 0.0346 e. The Morgan fingerprint density at radius 3 is 2.80 bits per heavy atom. The second-order valence-corrected chi connectivity index (χ2v) is 4.49. The highest BCUT2D eigenvalue weighted by molar-refractivity contribution is 7.17. The fourth-order valence-electron chi connectivity index (χ4n) is 1.75. The Bertz CT molecular complexity index is 424. The zero-order valence-electron chi connectivity index (χ0n) is 8.77. The van der Waals surface area contributed by atoms with Gasteiger partial charge in [0.25, 0.3) is 0 Å². The SMILES string of the molecule is CCC[C@H](N)c1csc2ccccc12.Cl. The Labute approximate surface area is 101 Å². The minimum atomic E-state index is 0. The zero-order valence-corrected chi connectivity index (χ0v) is 10.4. The molecule has 1 atom stereocenters. The van der Waals surface area contributed by atoms with E-state index < -0.39 is 0 Å². The first-order valence-electron chi connectivity index (χ1n) is 5.04. The molecule has 0 amide bonds. The van der Waals surface area contributed by atoms with Crippen molar-refractivity contribution in [3.8, 4) is 0 Å². The molecule has 0 spiro atoms. The molecule has 1 heterocycles. The normalized spacial score (nSPS) is 12.4. The lowest BCUT2D eigenvalue weighted by atomic mass is 10.0. The summed E-state index contributed by atoms with van der Waals surface area (Å²) in [7, 11) is 0. The van der Waals surface area contributed by atoms with E-state index in [1.165, 1.54) is 15.6 Å². The van der Waals surface area contributed by atoms with Gasteiger partial charge in [-0.1, -0.05) is 31.5 Å². The predicted molar refractivity (Wildman–Crippen MR) is 70.9 cm³/mol. The Hall–Kier alpha value is -0.570. The molecule has 2 rings (SSSR count). The summed E-state index contributed by atoms with van der Waals surface area (Å²) >= 11 is 1.79. The topological polar surface area (TPSA) is 26.0 Å². The van der Waals surface area contributed by atoms with Gasteiger partial charge in [-0.25, -0.2) is 0 Å². The second kappa shape index (κ2) is 5.50. The number of benzene rings is 1. The van der Waals surface area contributed by atoms with Crippen molar-refractivity contribution in [1.82, 2.24) is 0 Å². The van der Waals surface area contributed by atoms with Gasteiger partial charge in [-0.05, 0) is 28.8 Å². The van der Waals surface area contributed by atoms with Crippen molar-refractivity contribution in [1.29, 1.82) is 0 Å². The molecule has 3 heteroatoms. The Morgan fingerprint density at radius 2 is 2.07 bits per heavy atom. The van der Waals surface area contributed by atoms with Gasteiger partial charge in [-0.15, -0.1) is 23.7 Å². The molecule has 0 aliphatic heterocycles. The lowest BCUT2D eigenvalue weighted by molar-refractivity contribution is 0.644. The average Bonchev–Trinajstić information content (AvgIpc) is 2.61. The summed E-state index contributed by atoms with van der Waals surface area (Å²) in [6.45, 7) is 2.18. The van der Waals surface area contributed by atoms with E-state index in [4.69, 9.17) is 5.73 Å². The van der Waals surface area contributed by atoms with Crippen molar-refractivity contribution in [3.63, 3.8) is 0 Å². The van der Waals surface area contributed by atoms with Crippen LogP contribution < -0.4 is 5.73 Å². The van der Waals surface area contributed by atoms with Gasteiger partial charge in [-0.3, -0.25) is 0 Å². The standard InChI is InChI=1S/C12H15NS.ClH/c1-2-5-11(13)10-8-14-12-7-4-3-6-9(10)12;/h3-4,6-8,11H,2,5,13H2,1H3;1H/t11-;/m0./s1. The third kappa shape index (κ3) is 2.51. The van der Waals surface area contributed by atoms with E-state index in [1.807, 2.05) is 0 Å². The van der Waals surface area contributed by atoms with Crippen LogP contribution in [0.3, 0.4) is 0 Å². The molecule has 2 aromatic rings. The Kier molecular flexibility index (Phi) is 4.58. The van der Waals surface area contributed by atoms with Gasteiger partial charge in [-0.2, -0.15) is 0 Å². The second-order valence-electron chi connectivity index (χ2n) is 3.58. The van der Waals surface area contributed by atoms with Gasteiger partial charge in [0.2, 0.25) is 0 Å². The molecule has 0 bridgehead atoms. The van der Waals surface area contributed by atoms with Crippen molar-refractivity contribution >= 4 is 33.8 Å². The fourth-order valence-corrected chi connectivity index (χ4v) is 2.78.